The molecule has 70 heavy (non-hydrogen) atoms. The van der Waals surface area contributed by atoms with Crippen molar-refractivity contribution >= 4 is 11.9 Å². The monoisotopic (exact) mass is 988 g/mol. The molecule has 11 heteroatoms. The molecule has 11 nitrogen and oxygen atoms in total. The zero-order valence-corrected chi connectivity index (χ0v) is 44.5. The van der Waals surface area contributed by atoms with Crippen LogP contribution in [0.25, 0.3) is 0 Å². The molecule has 1 rings (SSSR count). The average Bonchev–Trinajstić information content (AvgIpc) is 3.36. The van der Waals surface area contributed by atoms with Crippen LogP contribution in [0.2, 0.25) is 0 Å². The van der Waals surface area contributed by atoms with Gasteiger partial charge >= 0.3 is 5.97 Å². The fourth-order valence-electron chi connectivity index (χ4n) is 8.44. The zero-order chi connectivity index (χ0) is 51.0. The Labute approximate surface area is 427 Å². The smallest absolute Gasteiger partial charge is 0.305 e. The van der Waals surface area contributed by atoms with Gasteiger partial charge in [-0.15, -0.1) is 0 Å². The molecular formula is C59H105NO10. The molecule has 0 aromatic heterocycles. The highest BCUT2D eigenvalue weighted by Gasteiger charge is 2.44. The van der Waals surface area contributed by atoms with Crippen LogP contribution < -0.4 is 5.32 Å². The molecule has 1 amide bonds. The Morgan fingerprint density at radius 2 is 0.943 bits per heavy atom. The largest absolute Gasteiger partial charge is 0.466 e. The number of unbranched alkanes of at least 4 members (excludes halogenated alkanes) is 26. The van der Waals surface area contributed by atoms with E-state index in [0.29, 0.717) is 25.9 Å². The minimum atomic E-state index is -1.59. The van der Waals surface area contributed by atoms with E-state index in [2.05, 4.69) is 67.8 Å². The molecule has 0 aromatic carbocycles. The number of aliphatic hydroxyl groups is 5. The van der Waals surface area contributed by atoms with Crippen molar-refractivity contribution in [1.82, 2.24) is 5.32 Å². The highest BCUT2D eigenvalue weighted by Crippen LogP contribution is 2.23. The number of nitrogens with one attached hydrogen (secondary N) is 1. The number of ether oxygens (including phenoxy) is 3. The van der Waals surface area contributed by atoms with Crippen LogP contribution in [-0.2, 0) is 23.8 Å². The van der Waals surface area contributed by atoms with Crippen molar-refractivity contribution in [2.45, 2.75) is 281 Å². The summed E-state index contributed by atoms with van der Waals surface area (Å²) in [6.07, 6.45) is 51.5. The van der Waals surface area contributed by atoms with Crippen molar-refractivity contribution in [2.24, 2.45) is 0 Å². The maximum absolute atomic E-state index is 13.0. The van der Waals surface area contributed by atoms with E-state index in [0.717, 1.165) is 96.3 Å². The van der Waals surface area contributed by atoms with E-state index in [-0.39, 0.29) is 18.5 Å². The van der Waals surface area contributed by atoms with Crippen molar-refractivity contribution in [3.05, 3.63) is 60.8 Å². The second-order valence-corrected chi connectivity index (χ2v) is 19.6. The van der Waals surface area contributed by atoms with Gasteiger partial charge in [0.05, 0.1) is 32.0 Å². The third-order valence-electron chi connectivity index (χ3n) is 13.1. The molecule has 0 saturated carbocycles. The van der Waals surface area contributed by atoms with Gasteiger partial charge in [-0.05, 0) is 103 Å². The van der Waals surface area contributed by atoms with Crippen LogP contribution in [0.1, 0.15) is 239 Å². The van der Waals surface area contributed by atoms with Gasteiger partial charge in [-0.1, -0.05) is 184 Å². The Morgan fingerprint density at radius 1 is 0.514 bits per heavy atom. The van der Waals surface area contributed by atoms with Crippen molar-refractivity contribution < 1.29 is 49.3 Å². The van der Waals surface area contributed by atoms with E-state index in [1.165, 1.54) is 109 Å². The van der Waals surface area contributed by atoms with E-state index in [1.807, 2.05) is 6.08 Å². The molecule has 1 fully saturated rings. The number of allylic oxidation sites excluding steroid dienone is 9. The third-order valence-corrected chi connectivity index (χ3v) is 13.1. The molecule has 7 atom stereocenters. The van der Waals surface area contributed by atoms with Gasteiger partial charge in [-0.25, -0.2) is 0 Å². The number of hydrogen-bond acceptors (Lipinski definition) is 10. The Balaban J connectivity index is 2.20. The molecule has 0 bridgehead atoms. The first-order chi connectivity index (χ1) is 34.2. The van der Waals surface area contributed by atoms with Crippen molar-refractivity contribution in [2.75, 3.05) is 19.8 Å². The molecule has 0 spiro atoms. The highest BCUT2D eigenvalue weighted by atomic mass is 16.7. The van der Waals surface area contributed by atoms with Crippen LogP contribution in [0.15, 0.2) is 60.8 Å². The van der Waals surface area contributed by atoms with Gasteiger partial charge in [0.2, 0.25) is 5.91 Å². The van der Waals surface area contributed by atoms with E-state index >= 15 is 0 Å². The summed E-state index contributed by atoms with van der Waals surface area (Å²) in [6.45, 7) is 4.22. The Kier molecular flexibility index (Phi) is 45.4. The molecule has 0 radical (unpaired) electrons. The molecule has 0 aliphatic carbocycles. The summed E-state index contributed by atoms with van der Waals surface area (Å²) >= 11 is 0. The van der Waals surface area contributed by atoms with Crippen LogP contribution in [0.5, 0.6) is 0 Å². The van der Waals surface area contributed by atoms with E-state index < -0.39 is 49.5 Å². The molecule has 7 unspecified atom stereocenters. The van der Waals surface area contributed by atoms with Gasteiger partial charge in [0.25, 0.3) is 0 Å². The highest BCUT2D eigenvalue weighted by molar-refractivity contribution is 5.76. The fourth-order valence-corrected chi connectivity index (χ4v) is 8.44. The zero-order valence-electron chi connectivity index (χ0n) is 44.5. The molecule has 1 heterocycles. The van der Waals surface area contributed by atoms with Gasteiger partial charge in [0, 0.05) is 12.8 Å². The second-order valence-electron chi connectivity index (χ2n) is 19.6. The molecule has 0 aromatic rings. The summed E-state index contributed by atoms with van der Waals surface area (Å²) in [5.74, 6) is -0.249. The first-order valence-electron chi connectivity index (χ1n) is 28.6. The van der Waals surface area contributed by atoms with E-state index in [4.69, 9.17) is 14.2 Å². The van der Waals surface area contributed by atoms with Crippen molar-refractivity contribution in [1.29, 1.82) is 0 Å². The minimum absolute atomic E-state index is 0.0341. The van der Waals surface area contributed by atoms with E-state index in [1.54, 1.807) is 6.08 Å². The maximum atomic E-state index is 13.0. The minimum Gasteiger partial charge on any atom is -0.466 e. The molecular weight excluding hydrogens is 883 g/mol. The Morgan fingerprint density at radius 3 is 1.46 bits per heavy atom. The maximum Gasteiger partial charge on any atom is 0.305 e. The summed E-state index contributed by atoms with van der Waals surface area (Å²) in [5, 5.41) is 54.3. The van der Waals surface area contributed by atoms with Gasteiger partial charge in [0.1, 0.15) is 24.4 Å². The SMILES string of the molecule is CCCC/C=C\CCCCCCCC(=O)OCCCCCCCCC/C=C\CCCCCCCC(=O)NC(COC1OC(CO)C(O)C(O)C1O)C(O)/C=C/CC/C=C/CC/C=C/CCCCCCC. The first kappa shape index (κ1) is 65.4. The van der Waals surface area contributed by atoms with Crippen molar-refractivity contribution in [3.63, 3.8) is 0 Å². The fraction of sp³-hybridized carbons (Fsp3) is 0.797. The standard InChI is InChI=1S/C59H105NO10/c1-3-5-7-9-11-13-15-16-19-22-26-29-33-37-41-45-52(62)51(50-69-59-58(67)57(66)56(65)53(49-61)70-59)60-54(63)46-42-38-34-30-27-23-20-17-18-21-24-28-32-36-40-44-48-68-55(64)47-43-39-35-31-25-14-12-10-8-6-4-2/h10,12,15-17,20,26,29,41,45,51-53,56-59,61-62,65-67H,3-9,11,13-14,18-19,21-25,27-28,30-40,42-44,46-50H2,1-2H3,(H,60,63)/b12-10-,16-15+,20-17-,29-26+,45-41+. The number of carbonyl (C=O) groups is 2. The number of carbonyl (C=O) groups excluding carboxylic acids is 2. The summed E-state index contributed by atoms with van der Waals surface area (Å²) in [7, 11) is 0. The van der Waals surface area contributed by atoms with Gasteiger partial charge < -0.3 is 45.1 Å². The predicted molar refractivity (Wildman–Crippen MR) is 287 cm³/mol. The van der Waals surface area contributed by atoms with Crippen LogP contribution in [-0.4, -0.2) is 100 Å². The number of hydrogen-bond donors (Lipinski definition) is 6. The third kappa shape index (κ3) is 38.0. The number of rotatable bonds is 48. The Hall–Kier alpha value is -2.64. The van der Waals surface area contributed by atoms with Crippen LogP contribution in [0, 0.1) is 0 Å². The van der Waals surface area contributed by atoms with Gasteiger partial charge in [0.15, 0.2) is 6.29 Å². The topological polar surface area (TPSA) is 175 Å². The second kappa shape index (κ2) is 48.6. The van der Waals surface area contributed by atoms with Gasteiger partial charge in [-0.2, -0.15) is 0 Å². The molecule has 6 N–H and O–H groups in total. The molecule has 1 aliphatic rings. The van der Waals surface area contributed by atoms with Crippen LogP contribution in [0.3, 0.4) is 0 Å². The molecule has 1 saturated heterocycles. The number of aliphatic hydroxyl groups excluding tert-OH is 5. The Bertz CT molecular complexity index is 1350. The normalized spacial score (nSPS) is 19.7. The summed E-state index contributed by atoms with van der Waals surface area (Å²) in [6, 6.07) is -0.848. The lowest BCUT2D eigenvalue weighted by atomic mass is 9.99. The predicted octanol–water partition coefficient (Wildman–Crippen LogP) is 12.7. The number of esters is 1. The lowest BCUT2D eigenvalue weighted by Crippen LogP contribution is -2.60. The number of amides is 1. The van der Waals surface area contributed by atoms with Crippen LogP contribution >= 0.6 is 0 Å². The average molecular weight is 988 g/mol. The molecule has 406 valence electrons. The summed E-state index contributed by atoms with van der Waals surface area (Å²) in [4.78, 5) is 25.0. The van der Waals surface area contributed by atoms with Crippen molar-refractivity contribution in [3.8, 4) is 0 Å². The lowest BCUT2D eigenvalue weighted by molar-refractivity contribution is -0.302. The molecule has 1 aliphatic heterocycles. The quantitative estimate of drug-likeness (QED) is 0.0196. The van der Waals surface area contributed by atoms with E-state index in [9.17, 15) is 35.1 Å². The van der Waals surface area contributed by atoms with Gasteiger partial charge in [-0.3, -0.25) is 9.59 Å². The van der Waals surface area contributed by atoms with Crippen LogP contribution in [0.4, 0.5) is 0 Å². The summed E-state index contributed by atoms with van der Waals surface area (Å²) < 4.78 is 16.7. The lowest BCUT2D eigenvalue weighted by Gasteiger charge is -2.40. The summed E-state index contributed by atoms with van der Waals surface area (Å²) in [5.41, 5.74) is 0. The first-order valence-corrected chi connectivity index (χ1v) is 28.6.